The molecule has 4 heteroatoms. The standard InChI is InChI=1S/C13H21ClN2O/c1-13(2,6-7-15)16-9-10-8-11(14)4-5-12(10)17-3/h4-5,8,16H,6-7,9,15H2,1-3H3. The molecule has 1 rings (SSSR count). The van der Waals surface area contributed by atoms with Crippen molar-refractivity contribution < 1.29 is 4.74 Å². The number of hydrogen-bond donors (Lipinski definition) is 2. The first-order valence-corrected chi connectivity index (χ1v) is 6.14. The van der Waals surface area contributed by atoms with E-state index in [0.717, 1.165) is 29.3 Å². The minimum Gasteiger partial charge on any atom is -0.496 e. The summed E-state index contributed by atoms with van der Waals surface area (Å²) in [6.07, 6.45) is 0.926. The maximum absolute atomic E-state index is 5.98. The van der Waals surface area contributed by atoms with E-state index in [0.29, 0.717) is 6.54 Å². The van der Waals surface area contributed by atoms with Crippen molar-refractivity contribution in [3.8, 4) is 5.75 Å². The zero-order chi connectivity index (χ0) is 12.9. The lowest BCUT2D eigenvalue weighted by molar-refractivity contribution is 0.357. The van der Waals surface area contributed by atoms with Crippen LogP contribution in [-0.4, -0.2) is 19.2 Å². The minimum atomic E-state index is 0.0160. The molecule has 0 saturated heterocycles. The van der Waals surface area contributed by atoms with Crippen LogP contribution in [0.1, 0.15) is 25.8 Å². The number of methoxy groups -OCH3 is 1. The Bertz CT molecular complexity index is 366. The molecule has 0 unspecified atom stereocenters. The molecule has 0 heterocycles. The fourth-order valence-electron chi connectivity index (χ4n) is 1.67. The van der Waals surface area contributed by atoms with E-state index in [1.807, 2.05) is 18.2 Å². The second-order valence-corrected chi connectivity index (χ2v) is 5.17. The summed E-state index contributed by atoms with van der Waals surface area (Å²) in [4.78, 5) is 0. The first-order chi connectivity index (χ1) is 7.98. The highest BCUT2D eigenvalue weighted by Gasteiger charge is 2.16. The Morgan fingerprint density at radius 3 is 2.71 bits per heavy atom. The van der Waals surface area contributed by atoms with Crippen molar-refractivity contribution in [1.29, 1.82) is 0 Å². The molecule has 0 atom stereocenters. The van der Waals surface area contributed by atoms with Gasteiger partial charge in [0, 0.05) is 22.7 Å². The third-order valence-corrected chi connectivity index (χ3v) is 3.00. The summed E-state index contributed by atoms with van der Waals surface area (Å²) in [6.45, 7) is 5.66. The Hall–Kier alpha value is -0.770. The molecule has 0 fully saturated rings. The summed E-state index contributed by atoms with van der Waals surface area (Å²) in [7, 11) is 1.66. The summed E-state index contributed by atoms with van der Waals surface area (Å²) >= 11 is 5.98. The minimum absolute atomic E-state index is 0.0160. The molecule has 0 saturated carbocycles. The van der Waals surface area contributed by atoms with Gasteiger partial charge in [-0.15, -0.1) is 0 Å². The van der Waals surface area contributed by atoms with Crippen molar-refractivity contribution in [3.05, 3.63) is 28.8 Å². The van der Waals surface area contributed by atoms with Crippen LogP contribution in [-0.2, 0) is 6.54 Å². The normalized spacial score (nSPS) is 11.6. The molecule has 3 nitrogen and oxygen atoms in total. The second-order valence-electron chi connectivity index (χ2n) is 4.73. The van der Waals surface area contributed by atoms with Gasteiger partial charge in [-0.25, -0.2) is 0 Å². The lowest BCUT2D eigenvalue weighted by atomic mass is 10.0. The fraction of sp³-hybridized carbons (Fsp3) is 0.538. The van der Waals surface area contributed by atoms with Crippen LogP contribution in [0.25, 0.3) is 0 Å². The summed E-state index contributed by atoms with van der Waals surface area (Å²) < 4.78 is 5.30. The maximum atomic E-state index is 5.98. The maximum Gasteiger partial charge on any atom is 0.123 e. The van der Waals surface area contributed by atoms with Crippen LogP contribution in [0, 0.1) is 0 Å². The second kappa shape index (κ2) is 6.24. The van der Waals surface area contributed by atoms with E-state index >= 15 is 0 Å². The molecule has 1 aromatic carbocycles. The Labute approximate surface area is 108 Å². The van der Waals surface area contributed by atoms with Crippen molar-refractivity contribution in [2.45, 2.75) is 32.4 Å². The predicted octanol–water partition coefficient (Wildman–Crippen LogP) is 2.57. The van der Waals surface area contributed by atoms with E-state index in [1.54, 1.807) is 7.11 Å². The van der Waals surface area contributed by atoms with Crippen LogP contribution in [0.3, 0.4) is 0 Å². The highest BCUT2D eigenvalue weighted by atomic mass is 35.5. The van der Waals surface area contributed by atoms with Crippen molar-refractivity contribution >= 4 is 11.6 Å². The lowest BCUT2D eigenvalue weighted by Crippen LogP contribution is -2.40. The Kier molecular flexibility index (Phi) is 5.25. The molecule has 0 aliphatic heterocycles. The summed E-state index contributed by atoms with van der Waals surface area (Å²) in [6, 6.07) is 5.64. The van der Waals surface area contributed by atoms with E-state index in [2.05, 4.69) is 19.2 Å². The van der Waals surface area contributed by atoms with Gasteiger partial charge in [0.25, 0.3) is 0 Å². The average Bonchev–Trinajstić information content (AvgIpc) is 2.27. The molecule has 0 aliphatic carbocycles. The van der Waals surface area contributed by atoms with E-state index in [9.17, 15) is 0 Å². The van der Waals surface area contributed by atoms with Crippen LogP contribution >= 0.6 is 11.6 Å². The first kappa shape index (κ1) is 14.3. The largest absolute Gasteiger partial charge is 0.496 e. The average molecular weight is 257 g/mol. The third kappa shape index (κ3) is 4.54. The van der Waals surface area contributed by atoms with Gasteiger partial charge in [-0.3, -0.25) is 0 Å². The monoisotopic (exact) mass is 256 g/mol. The summed E-state index contributed by atoms with van der Waals surface area (Å²) in [5, 5.41) is 4.18. The Morgan fingerprint density at radius 1 is 1.41 bits per heavy atom. The molecule has 0 radical (unpaired) electrons. The topological polar surface area (TPSA) is 47.3 Å². The van der Waals surface area contributed by atoms with Gasteiger partial charge in [0.1, 0.15) is 5.75 Å². The van der Waals surface area contributed by atoms with Gasteiger partial charge >= 0.3 is 0 Å². The van der Waals surface area contributed by atoms with Crippen molar-refractivity contribution in [2.75, 3.05) is 13.7 Å². The van der Waals surface area contributed by atoms with Gasteiger partial charge in [-0.05, 0) is 45.0 Å². The molecule has 0 aromatic heterocycles. The number of nitrogens with one attached hydrogen (secondary N) is 1. The zero-order valence-electron chi connectivity index (χ0n) is 10.7. The van der Waals surface area contributed by atoms with Gasteiger partial charge in [0.05, 0.1) is 7.11 Å². The fourth-order valence-corrected chi connectivity index (χ4v) is 1.86. The molecule has 0 spiro atoms. The van der Waals surface area contributed by atoms with E-state index < -0.39 is 0 Å². The Morgan fingerprint density at radius 2 is 2.12 bits per heavy atom. The van der Waals surface area contributed by atoms with E-state index in [1.165, 1.54) is 0 Å². The quantitative estimate of drug-likeness (QED) is 0.822. The van der Waals surface area contributed by atoms with Gasteiger partial charge < -0.3 is 15.8 Å². The molecule has 0 aliphatic rings. The van der Waals surface area contributed by atoms with Crippen molar-refractivity contribution in [1.82, 2.24) is 5.32 Å². The number of rotatable bonds is 6. The Balaban J connectivity index is 2.71. The number of nitrogens with two attached hydrogens (primary N) is 1. The number of benzene rings is 1. The summed E-state index contributed by atoms with van der Waals surface area (Å²) in [5.74, 6) is 0.852. The van der Waals surface area contributed by atoms with E-state index in [4.69, 9.17) is 22.1 Å². The van der Waals surface area contributed by atoms with Gasteiger partial charge in [0.15, 0.2) is 0 Å². The van der Waals surface area contributed by atoms with Crippen molar-refractivity contribution in [3.63, 3.8) is 0 Å². The number of ether oxygens (including phenoxy) is 1. The summed E-state index contributed by atoms with van der Waals surface area (Å²) in [5.41, 5.74) is 6.65. The van der Waals surface area contributed by atoms with Crippen molar-refractivity contribution in [2.24, 2.45) is 5.73 Å². The van der Waals surface area contributed by atoms with Crippen LogP contribution in [0.2, 0.25) is 5.02 Å². The van der Waals surface area contributed by atoms with Gasteiger partial charge in [0.2, 0.25) is 0 Å². The SMILES string of the molecule is COc1ccc(Cl)cc1CNC(C)(C)CCN. The smallest absolute Gasteiger partial charge is 0.123 e. The first-order valence-electron chi connectivity index (χ1n) is 5.76. The molecular weight excluding hydrogens is 236 g/mol. The van der Waals surface area contributed by atoms with Gasteiger partial charge in [-0.2, -0.15) is 0 Å². The number of hydrogen-bond acceptors (Lipinski definition) is 3. The molecule has 0 bridgehead atoms. The molecule has 96 valence electrons. The van der Waals surface area contributed by atoms with Crippen LogP contribution in [0.4, 0.5) is 0 Å². The van der Waals surface area contributed by atoms with Gasteiger partial charge in [-0.1, -0.05) is 11.6 Å². The molecule has 17 heavy (non-hydrogen) atoms. The molecular formula is C13H21ClN2O. The van der Waals surface area contributed by atoms with E-state index in [-0.39, 0.29) is 5.54 Å². The zero-order valence-corrected chi connectivity index (χ0v) is 11.5. The molecule has 1 aromatic rings. The highest BCUT2D eigenvalue weighted by Crippen LogP contribution is 2.23. The van der Waals surface area contributed by atoms with Crippen LogP contribution in [0.15, 0.2) is 18.2 Å². The highest BCUT2D eigenvalue weighted by molar-refractivity contribution is 6.30. The third-order valence-electron chi connectivity index (χ3n) is 2.77. The van der Waals surface area contributed by atoms with Crippen LogP contribution < -0.4 is 15.8 Å². The van der Waals surface area contributed by atoms with Crippen LogP contribution in [0.5, 0.6) is 5.75 Å². The number of halogens is 1. The molecule has 3 N–H and O–H groups in total. The lowest BCUT2D eigenvalue weighted by Gasteiger charge is -2.26. The molecule has 0 amide bonds. The predicted molar refractivity (Wildman–Crippen MR) is 72.6 cm³/mol.